The molecule has 0 amide bonds. The van der Waals surface area contributed by atoms with E-state index in [9.17, 15) is 4.79 Å². The van der Waals surface area contributed by atoms with E-state index < -0.39 is 5.97 Å². The van der Waals surface area contributed by atoms with Gasteiger partial charge in [0.2, 0.25) is 0 Å². The van der Waals surface area contributed by atoms with Crippen LogP contribution < -0.4 is 5.73 Å². The third-order valence-electron chi connectivity index (χ3n) is 3.58. The normalized spacial score (nSPS) is 10.2. The number of halogens is 1. The number of esters is 1. The first-order valence-corrected chi connectivity index (χ1v) is 7.72. The number of nitrogens with zero attached hydrogens (tertiary/aromatic N) is 5. The molecule has 2 aromatic heterocycles. The van der Waals surface area contributed by atoms with E-state index in [0.29, 0.717) is 29.4 Å². The first kappa shape index (κ1) is 19.3. The second-order valence-corrected chi connectivity index (χ2v) is 5.68. The molecule has 3 rings (SSSR count). The van der Waals surface area contributed by atoms with Crippen LogP contribution in [0, 0.1) is 13.8 Å². The zero-order valence-electron chi connectivity index (χ0n) is 14.4. The minimum Gasteiger partial charge on any atom is -0.455 e. The van der Waals surface area contributed by atoms with Crippen molar-refractivity contribution in [2.45, 2.75) is 27.0 Å². The van der Waals surface area contributed by atoms with Crippen molar-refractivity contribution < 1.29 is 9.53 Å². The number of anilines is 1. The molecule has 0 atom stereocenters. The Bertz CT molecular complexity index is 895. The third-order valence-corrected chi connectivity index (χ3v) is 3.58. The average Bonchev–Trinajstić information content (AvgIpc) is 3.03. The van der Waals surface area contributed by atoms with Crippen LogP contribution in [-0.2, 0) is 17.9 Å². The third kappa shape index (κ3) is 4.76. The maximum absolute atomic E-state index is 12.0. The zero-order chi connectivity index (χ0) is 17.8. The molecule has 0 unspecified atom stereocenters. The molecule has 2 N–H and O–H groups in total. The van der Waals surface area contributed by atoms with Crippen LogP contribution in [0.4, 0.5) is 5.82 Å². The van der Waals surface area contributed by atoms with Gasteiger partial charge in [0.05, 0.1) is 18.3 Å². The second-order valence-electron chi connectivity index (χ2n) is 5.68. The van der Waals surface area contributed by atoms with Gasteiger partial charge in [0.15, 0.2) is 0 Å². The van der Waals surface area contributed by atoms with E-state index >= 15 is 0 Å². The molecule has 0 spiro atoms. The van der Waals surface area contributed by atoms with Crippen molar-refractivity contribution in [3.05, 3.63) is 64.9 Å². The first-order valence-electron chi connectivity index (χ1n) is 7.72. The van der Waals surface area contributed by atoms with Crippen molar-refractivity contribution in [3.63, 3.8) is 0 Å². The van der Waals surface area contributed by atoms with Crippen LogP contribution in [-0.4, -0.2) is 30.9 Å². The average molecular weight is 375 g/mol. The van der Waals surface area contributed by atoms with Crippen molar-refractivity contribution in [3.8, 4) is 0 Å². The highest BCUT2D eigenvalue weighted by atomic mass is 35.5. The topological polar surface area (TPSA) is 109 Å². The van der Waals surface area contributed by atoms with E-state index in [4.69, 9.17) is 10.5 Å². The summed E-state index contributed by atoms with van der Waals surface area (Å²) in [6, 6.07) is 7.19. The molecule has 9 heteroatoms. The molecule has 0 aliphatic carbocycles. The van der Waals surface area contributed by atoms with Gasteiger partial charge < -0.3 is 10.5 Å². The maximum atomic E-state index is 12.0. The zero-order valence-corrected chi connectivity index (χ0v) is 15.2. The Morgan fingerprint density at radius 3 is 2.65 bits per heavy atom. The summed E-state index contributed by atoms with van der Waals surface area (Å²) in [4.78, 5) is 20.2. The summed E-state index contributed by atoms with van der Waals surface area (Å²) in [5, 5.41) is 7.99. The van der Waals surface area contributed by atoms with E-state index in [-0.39, 0.29) is 19.0 Å². The van der Waals surface area contributed by atoms with Crippen LogP contribution in [0.2, 0.25) is 0 Å². The smallest absolute Gasteiger partial charge is 0.338 e. The van der Waals surface area contributed by atoms with Crippen molar-refractivity contribution in [1.82, 2.24) is 25.0 Å². The van der Waals surface area contributed by atoms with Crippen molar-refractivity contribution >= 4 is 24.2 Å². The largest absolute Gasteiger partial charge is 0.455 e. The van der Waals surface area contributed by atoms with E-state index in [0.717, 1.165) is 11.1 Å². The van der Waals surface area contributed by atoms with E-state index in [1.54, 1.807) is 36.1 Å². The van der Waals surface area contributed by atoms with Crippen molar-refractivity contribution in [1.29, 1.82) is 0 Å². The lowest BCUT2D eigenvalue weighted by Crippen LogP contribution is -2.07. The van der Waals surface area contributed by atoms with Crippen LogP contribution in [0.1, 0.15) is 33.0 Å². The van der Waals surface area contributed by atoms with Crippen LogP contribution >= 0.6 is 12.4 Å². The minimum atomic E-state index is -0.397. The molecule has 0 saturated heterocycles. The SMILES string of the molecule is Cc1ccc(C(=O)OCc2cn(Cc3cnc(C)nc3N)nn2)cc1.Cl. The standard InChI is InChI=1S/C17H18N6O2.ClH/c1-11-3-5-13(6-4-11)17(24)25-10-15-9-23(22-21-15)8-14-7-19-12(2)20-16(14)18;/h3-7,9H,8,10H2,1-2H3,(H2,18,19,20);1H. The van der Waals surface area contributed by atoms with Gasteiger partial charge in [0.1, 0.15) is 23.9 Å². The Morgan fingerprint density at radius 2 is 1.96 bits per heavy atom. The number of carbonyl (C=O) groups excluding carboxylic acids is 1. The molecule has 0 radical (unpaired) electrons. The van der Waals surface area contributed by atoms with E-state index in [1.165, 1.54) is 0 Å². The van der Waals surface area contributed by atoms with Gasteiger partial charge in [0.25, 0.3) is 0 Å². The maximum Gasteiger partial charge on any atom is 0.338 e. The van der Waals surface area contributed by atoms with Gasteiger partial charge in [-0.3, -0.25) is 0 Å². The minimum absolute atomic E-state index is 0. The van der Waals surface area contributed by atoms with Crippen LogP contribution in [0.15, 0.2) is 36.7 Å². The highest BCUT2D eigenvalue weighted by molar-refractivity contribution is 5.89. The summed E-state index contributed by atoms with van der Waals surface area (Å²) >= 11 is 0. The fourth-order valence-electron chi connectivity index (χ4n) is 2.20. The lowest BCUT2D eigenvalue weighted by Gasteiger charge is -2.04. The van der Waals surface area contributed by atoms with Crippen LogP contribution in [0.5, 0.6) is 0 Å². The molecule has 136 valence electrons. The molecular formula is C17H19ClN6O2. The molecule has 0 fully saturated rings. The van der Waals surface area contributed by atoms with Gasteiger partial charge in [-0.25, -0.2) is 19.4 Å². The molecule has 0 bridgehead atoms. The lowest BCUT2D eigenvalue weighted by molar-refractivity contribution is 0.0467. The lowest BCUT2D eigenvalue weighted by atomic mass is 10.1. The molecule has 26 heavy (non-hydrogen) atoms. The Labute approximate surface area is 156 Å². The number of hydrogen-bond donors (Lipinski definition) is 1. The molecule has 3 aromatic rings. The Hall–Kier alpha value is -3.00. The number of benzene rings is 1. The predicted octanol–water partition coefficient (Wildman–Crippen LogP) is 2.09. The predicted molar refractivity (Wildman–Crippen MR) is 97.9 cm³/mol. The van der Waals surface area contributed by atoms with E-state index in [1.807, 2.05) is 19.1 Å². The summed E-state index contributed by atoms with van der Waals surface area (Å²) in [5.74, 6) is 0.629. The second kappa shape index (κ2) is 8.39. The number of aryl methyl sites for hydroxylation is 2. The quantitative estimate of drug-likeness (QED) is 0.681. The number of aromatic nitrogens is 5. The first-order chi connectivity index (χ1) is 12.0. The number of hydrogen-bond acceptors (Lipinski definition) is 7. The number of nitrogens with two attached hydrogens (primary N) is 1. The summed E-state index contributed by atoms with van der Waals surface area (Å²) in [7, 11) is 0. The summed E-state index contributed by atoms with van der Waals surface area (Å²) in [5.41, 5.74) is 8.75. The summed E-state index contributed by atoms with van der Waals surface area (Å²) < 4.78 is 6.85. The molecule has 0 aliphatic heterocycles. The highest BCUT2D eigenvalue weighted by Crippen LogP contribution is 2.10. The number of ether oxygens (including phenoxy) is 1. The van der Waals surface area contributed by atoms with Crippen molar-refractivity contribution in [2.24, 2.45) is 0 Å². The molecule has 8 nitrogen and oxygen atoms in total. The summed E-state index contributed by atoms with van der Waals surface area (Å²) in [6.45, 7) is 4.17. The Morgan fingerprint density at radius 1 is 1.23 bits per heavy atom. The van der Waals surface area contributed by atoms with E-state index in [2.05, 4.69) is 20.3 Å². The van der Waals surface area contributed by atoms with Gasteiger partial charge in [-0.15, -0.1) is 17.5 Å². The van der Waals surface area contributed by atoms with Gasteiger partial charge in [-0.1, -0.05) is 22.9 Å². The fraction of sp³-hybridized carbons (Fsp3) is 0.235. The number of carbonyl (C=O) groups is 1. The molecule has 2 heterocycles. The van der Waals surface area contributed by atoms with Crippen LogP contribution in [0.25, 0.3) is 0 Å². The Kier molecular flexibility index (Phi) is 6.24. The number of nitrogen functional groups attached to an aromatic ring is 1. The van der Waals surface area contributed by atoms with Crippen molar-refractivity contribution in [2.75, 3.05) is 5.73 Å². The fourth-order valence-corrected chi connectivity index (χ4v) is 2.20. The molecule has 0 saturated carbocycles. The van der Waals surface area contributed by atoms with Crippen LogP contribution in [0.3, 0.4) is 0 Å². The van der Waals surface area contributed by atoms with Gasteiger partial charge >= 0.3 is 5.97 Å². The van der Waals surface area contributed by atoms with Gasteiger partial charge in [-0.2, -0.15) is 0 Å². The highest BCUT2D eigenvalue weighted by Gasteiger charge is 2.10. The van der Waals surface area contributed by atoms with Gasteiger partial charge in [0, 0.05) is 11.8 Å². The summed E-state index contributed by atoms with van der Waals surface area (Å²) in [6.07, 6.45) is 3.36. The molecule has 0 aliphatic rings. The number of rotatable bonds is 5. The monoisotopic (exact) mass is 374 g/mol. The molecular weight excluding hydrogens is 356 g/mol. The van der Waals surface area contributed by atoms with Gasteiger partial charge in [-0.05, 0) is 26.0 Å². The molecule has 1 aromatic carbocycles. The Balaban J connectivity index is 0.00000243.